The molecule has 0 spiro atoms. The zero-order valence-electron chi connectivity index (χ0n) is 11.7. The van der Waals surface area contributed by atoms with Crippen LogP contribution in [0.5, 0.6) is 0 Å². The lowest BCUT2D eigenvalue weighted by molar-refractivity contribution is 0.0692. The Balaban J connectivity index is 2.48. The Morgan fingerprint density at radius 3 is 2.65 bits per heavy atom. The number of hydrogen-bond acceptors (Lipinski definition) is 4. The summed E-state index contributed by atoms with van der Waals surface area (Å²) < 4.78 is 5.09. The third-order valence-corrected chi connectivity index (χ3v) is 3.03. The molecular weight excluding hydrogens is 258 g/mol. The van der Waals surface area contributed by atoms with E-state index in [0.29, 0.717) is 16.9 Å². The molecule has 1 N–H and O–H groups in total. The average molecular weight is 275 g/mol. The molecule has 2 aromatic rings. The molecule has 2 rings (SSSR count). The Hall–Kier alpha value is -2.30. The van der Waals surface area contributed by atoms with Gasteiger partial charge in [-0.15, -0.1) is 0 Å². The molecule has 0 radical (unpaired) electrons. The first-order valence-corrected chi connectivity index (χ1v) is 6.41. The molecule has 0 saturated heterocycles. The van der Waals surface area contributed by atoms with Gasteiger partial charge < -0.3 is 14.4 Å². The highest BCUT2D eigenvalue weighted by Gasteiger charge is 2.13. The molecule has 1 aromatic heterocycles. The quantitative estimate of drug-likeness (QED) is 0.868. The van der Waals surface area contributed by atoms with E-state index >= 15 is 0 Å². The molecule has 0 aliphatic heterocycles. The highest BCUT2D eigenvalue weighted by Crippen LogP contribution is 2.21. The van der Waals surface area contributed by atoms with Gasteiger partial charge in [-0.05, 0) is 24.1 Å². The molecule has 0 aliphatic rings. The van der Waals surface area contributed by atoms with Crippen molar-refractivity contribution in [1.82, 2.24) is 0 Å². The van der Waals surface area contributed by atoms with Crippen molar-refractivity contribution in [3.8, 4) is 0 Å². The first-order valence-electron chi connectivity index (χ1n) is 6.41. The number of aromatic carboxylic acids is 1. The molecule has 1 heterocycles. The van der Waals surface area contributed by atoms with Crippen LogP contribution >= 0.6 is 0 Å². The van der Waals surface area contributed by atoms with Crippen molar-refractivity contribution in [3.05, 3.63) is 40.2 Å². The molecule has 20 heavy (non-hydrogen) atoms. The molecule has 5 heteroatoms. The predicted octanol–water partition coefficient (Wildman–Crippen LogP) is 2.58. The number of carbonyl (C=O) groups is 1. The van der Waals surface area contributed by atoms with Crippen LogP contribution in [0, 0.1) is 5.92 Å². The number of anilines is 1. The summed E-state index contributed by atoms with van der Waals surface area (Å²) in [6.07, 6.45) is 0. The van der Waals surface area contributed by atoms with E-state index < -0.39 is 11.6 Å². The van der Waals surface area contributed by atoms with Crippen molar-refractivity contribution in [2.45, 2.75) is 13.8 Å². The van der Waals surface area contributed by atoms with Gasteiger partial charge in [0, 0.05) is 30.7 Å². The van der Waals surface area contributed by atoms with Crippen LogP contribution in [0.15, 0.2) is 33.5 Å². The van der Waals surface area contributed by atoms with Gasteiger partial charge in [0.15, 0.2) is 0 Å². The first kappa shape index (κ1) is 14.1. The molecule has 0 aliphatic carbocycles. The smallest absolute Gasteiger partial charge is 0.351 e. The van der Waals surface area contributed by atoms with Crippen LogP contribution < -0.4 is 10.5 Å². The minimum absolute atomic E-state index is 0.346. The number of rotatable bonds is 4. The van der Waals surface area contributed by atoms with Gasteiger partial charge in [-0.25, -0.2) is 9.59 Å². The Morgan fingerprint density at radius 2 is 2.05 bits per heavy atom. The Morgan fingerprint density at radius 1 is 1.35 bits per heavy atom. The zero-order chi connectivity index (χ0) is 14.9. The van der Waals surface area contributed by atoms with Gasteiger partial charge in [-0.3, -0.25) is 0 Å². The number of fused-ring (bicyclic) bond motifs is 1. The molecular formula is C15H17NO4. The van der Waals surface area contributed by atoms with Gasteiger partial charge in [-0.1, -0.05) is 13.8 Å². The molecule has 0 saturated carbocycles. The fourth-order valence-electron chi connectivity index (χ4n) is 2.14. The van der Waals surface area contributed by atoms with Gasteiger partial charge in [0.2, 0.25) is 0 Å². The maximum absolute atomic E-state index is 11.6. The second-order valence-corrected chi connectivity index (χ2v) is 5.25. The van der Waals surface area contributed by atoms with E-state index in [1.54, 1.807) is 12.1 Å². The summed E-state index contributed by atoms with van der Waals surface area (Å²) in [6, 6.07) is 6.74. The normalized spacial score (nSPS) is 11.0. The Bertz CT molecular complexity index is 703. The van der Waals surface area contributed by atoms with Gasteiger partial charge in [0.1, 0.15) is 11.1 Å². The van der Waals surface area contributed by atoms with E-state index in [9.17, 15) is 9.59 Å². The lowest BCUT2D eigenvalue weighted by Gasteiger charge is -2.21. The minimum Gasteiger partial charge on any atom is -0.477 e. The molecule has 0 bridgehead atoms. The fraction of sp³-hybridized carbons (Fsp3) is 0.333. The summed E-state index contributed by atoms with van der Waals surface area (Å²) in [6.45, 7) is 5.12. The molecule has 5 nitrogen and oxygen atoms in total. The standard InChI is InChI=1S/C15H17NO4/c1-9(2)8-16(3)11-5-4-10-6-12(14(17)18)15(19)20-13(10)7-11/h4-7,9H,8H2,1-3H3,(H,17,18). The monoisotopic (exact) mass is 275 g/mol. The second-order valence-electron chi connectivity index (χ2n) is 5.25. The van der Waals surface area contributed by atoms with E-state index in [1.807, 2.05) is 13.1 Å². The predicted molar refractivity (Wildman–Crippen MR) is 77.6 cm³/mol. The molecule has 0 atom stereocenters. The lowest BCUT2D eigenvalue weighted by atomic mass is 10.1. The van der Waals surface area contributed by atoms with Crippen LogP contribution in [0.1, 0.15) is 24.2 Å². The Kier molecular flexibility index (Phi) is 3.79. The summed E-state index contributed by atoms with van der Waals surface area (Å²) in [7, 11) is 1.96. The van der Waals surface area contributed by atoms with E-state index in [0.717, 1.165) is 12.2 Å². The number of hydrogen-bond donors (Lipinski definition) is 1. The van der Waals surface area contributed by atoms with Gasteiger partial charge in [0.25, 0.3) is 0 Å². The molecule has 1 aromatic carbocycles. The van der Waals surface area contributed by atoms with E-state index in [2.05, 4.69) is 18.7 Å². The summed E-state index contributed by atoms with van der Waals surface area (Å²) in [5, 5.41) is 9.50. The van der Waals surface area contributed by atoms with Crippen LogP contribution in [0.3, 0.4) is 0 Å². The topological polar surface area (TPSA) is 70.8 Å². The maximum Gasteiger partial charge on any atom is 0.351 e. The molecule has 0 fully saturated rings. The van der Waals surface area contributed by atoms with E-state index in [4.69, 9.17) is 9.52 Å². The summed E-state index contributed by atoms with van der Waals surface area (Å²) in [5.74, 6) is -0.765. The van der Waals surface area contributed by atoms with Gasteiger partial charge >= 0.3 is 11.6 Å². The third-order valence-electron chi connectivity index (χ3n) is 3.03. The van der Waals surface area contributed by atoms with Crippen molar-refractivity contribution in [3.63, 3.8) is 0 Å². The first-order chi connectivity index (χ1) is 9.38. The molecule has 0 amide bonds. The van der Waals surface area contributed by atoms with Crippen molar-refractivity contribution in [2.75, 3.05) is 18.5 Å². The van der Waals surface area contributed by atoms with E-state index in [-0.39, 0.29) is 5.56 Å². The third kappa shape index (κ3) is 2.82. The SMILES string of the molecule is CC(C)CN(C)c1ccc2cc(C(=O)O)c(=O)oc2c1. The minimum atomic E-state index is -1.28. The lowest BCUT2D eigenvalue weighted by Crippen LogP contribution is -2.22. The Labute approximate surface area is 116 Å². The summed E-state index contributed by atoms with van der Waals surface area (Å²) in [5.41, 5.74) is 0.153. The van der Waals surface area contributed by atoms with Crippen LogP contribution in [-0.4, -0.2) is 24.7 Å². The van der Waals surface area contributed by atoms with Crippen LogP contribution in [0.4, 0.5) is 5.69 Å². The zero-order valence-corrected chi connectivity index (χ0v) is 11.7. The summed E-state index contributed by atoms with van der Waals surface area (Å²) >= 11 is 0. The fourth-order valence-corrected chi connectivity index (χ4v) is 2.14. The summed E-state index contributed by atoms with van der Waals surface area (Å²) in [4.78, 5) is 24.5. The highest BCUT2D eigenvalue weighted by molar-refractivity contribution is 5.92. The molecule has 0 unspecified atom stereocenters. The van der Waals surface area contributed by atoms with Crippen LogP contribution in [-0.2, 0) is 0 Å². The van der Waals surface area contributed by atoms with Gasteiger partial charge in [0.05, 0.1) is 0 Å². The van der Waals surface area contributed by atoms with Crippen molar-refractivity contribution >= 4 is 22.6 Å². The second kappa shape index (κ2) is 5.36. The van der Waals surface area contributed by atoms with Gasteiger partial charge in [-0.2, -0.15) is 0 Å². The largest absolute Gasteiger partial charge is 0.477 e. The highest BCUT2D eigenvalue weighted by atomic mass is 16.4. The molecule has 106 valence electrons. The van der Waals surface area contributed by atoms with Crippen molar-refractivity contribution < 1.29 is 14.3 Å². The van der Waals surface area contributed by atoms with E-state index in [1.165, 1.54) is 6.07 Å². The maximum atomic E-state index is 11.6. The average Bonchev–Trinajstić information content (AvgIpc) is 2.36. The number of benzene rings is 1. The van der Waals surface area contributed by atoms with Crippen molar-refractivity contribution in [2.24, 2.45) is 5.92 Å². The number of carboxylic acids is 1. The van der Waals surface area contributed by atoms with Crippen LogP contribution in [0.25, 0.3) is 11.0 Å². The van der Waals surface area contributed by atoms with Crippen molar-refractivity contribution in [1.29, 1.82) is 0 Å². The number of carboxylic acid groups (broad SMARTS) is 1. The number of nitrogens with zero attached hydrogens (tertiary/aromatic N) is 1. The van der Waals surface area contributed by atoms with Crippen LogP contribution in [0.2, 0.25) is 0 Å².